The van der Waals surface area contributed by atoms with Crippen LogP contribution in [-0.2, 0) is 0 Å². The summed E-state index contributed by atoms with van der Waals surface area (Å²) in [5.74, 6) is 1.57. The minimum atomic E-state index is -0.121. The molecule has 1 aliphatic rings. The number of rotatable bonds is 4. The monoisotopic (exact) mass is 266 g/mol. The minimum Gasteiger partial charge on any atom is -0.357 e. The molecule has 0 radical (unpaired) electrons. The van der Waals surface area contributed by atoms with E-state index in [0.29, 0.717) is 16.9 Å². The highest BCUT2D eigenvalue weighted by Crippen LogP contribution is 2.25. The molecule has 1 aromatic heterocycles. The number of nitrogens with one attached hydrogen (secondary N) is 2. The van der Waals surface area contributed by atoms with E-state index in [9.17, 15) is 4.79 Å². The van der Waals surface area contributed by atoms with Gasteiger partial charge in [0.2, 0.25) is 5.95 Å². The Morgan fingerprint density at radius 3 is 3.06 bits per heavy atom. The average molecular weight is 266 g/mol. The number of thioether (sulfide) groups is 1. The van der Waals surface area contributed by atoms with Crippen LogP contribution in [0.25, 0.3) is 0 Å². The van der Waals surface area contributed by atoms with Gasteiger partial charge in [0, 0.05) is 24.5 Å². The Morgan fingerprint density at radius 2 is 2.39 bits per heavy atom. The number of aryl methyl sites for hydroxylation is 1. The number of hydrogen-bond acceptors (Lipinski definition) is 5. The summed E-state index contributed by atoms with van der Waals surface area (Å²) in [6.45, 7) is 2.58. The van der Waals surface area contributed by atoms with E-state index in [1.165, 1.54) is 18.6 Å². The van der Waals surface area contributed by atoms with Gasteiger partial charge in [0.25, 0.3) is 5.91 Å². The zero-order valence-corrected chi connectivity index (χ0v) is 11.5. The molecule has 1 saturated heterocycles. The second-order valence-corrected chi connectivity index (χ2v) is 5.72. The third-order valence-electron chi connectivity index (χ3n) is 2.82. The fraction of sp³-hybridized carbons (Fsp3) is 0.583. The van der Waals surface area contributed by atoms with Crippen molar-refractivity contribution in [3.8, 4) is 0 Å². The van der Waals surface area contributed by atoms with Gasteiger partial charge < -0.3 is 10.6 Å². The van der Waals surface area contributed by atoms with Crippen molar-refractivity contribution in [1.29, 1.82) is 0 Å². The number of carbonyl (C=O) groups is 1. The summed E-state index contributed by atoms with van der Waals surface area (Å²) < 4.78 is 0. The summed E-state index contributed by atoms with van der Waals surface area (Å²) in [7, 11) is 1.74. The maximum Gasteiger partial charge on any atom is 0.270 e. The molecule has 6 heteroatoms. The average Bonchev–Trinajstić information content (AvgIpc) is 2.88. The molecular weight excluding hydrogens is 248 g/mol. The predicted molar refractivity (Wildman–Crippen MR) is 74.1 cm³/mol. The molecule has 98 valence electrons. The molecule has 1 amide bonds. The Kier molecular flexibility index (Phi) is 4.41. The number of hydrogen-bond donors (Lipinski definition) is 2. The van der Waals surface area contributed by atoms with Crippen LogP contribution >= 0.6 is 11.8 Å². The molecule has 5 nitrogen and oxygen atoms in total. The Labute approximate surface area is 111 Å². The highest BCUT2D eigenvalue weighted by Gasteiger charge is 2.17. The predicted octanol–water partition coefficient (Wildman–Crippen LogP) is 1.45. The van der Waals surface area contributed by atoms with Gasteiger partial charge >= 0.3 is 0 Å². The van der Waals surface area contributed by atoms with E-state index in [0.717, 1.165) is 12.2 Å². The number of carbonyl (C=O) groups excluding carboxylic acids is 1. The molecular formula is C12H18N4OS. The van der Waals surface area contributed by atoms with E-state index >= 15 is 0 Å². The van der Waals surface area contributed by atoms with E-state index in [-0.39, 0.29) is 5.91 Å². The molecule has 18 heavy (non-hydrogen) atoms. The van der Waals surface area contributed by atoms with Crippen LogP contribution in [0.1, 0.15) is 29.0 Å². The fourth-order valence-electron chi connectivity index (χ4n) is 1.90. The first-order valence-electron chi connectivity index (χ1n) is 6.12. The molecule has 1 fully saturated rings. The van der Waals surface area contributed by atoms with Crippen molar-refractivity contribution in [3.63, 3.8) is 0 Å². The molecule has 1 aromatic rings. The summed E-state index contributed by atoms with van der Waals surface area (Å²) in [6.07, 6.45) is 2.44. The van der Waals surface area contributed by atoms with Crippen LogP contribution < -0.4 is 10.6 Å². The van der Waals surface area contributed by atoms with E-state index in [1.807, 2.05) is 18.7 Å². The maximum absolute atomic E-state index is 12.0. The molecule has 0 aromatic carbocycles. The van der Waals surface area contributed by atoms with Gasteiger partial charge in [0.1, 0.15) is 5.69 Å². The largest absolute Gasteiger partial charge is 0.357 e. The molecule has 1 unspecified atom stereocenters. The van der Waals surface area contributed by atoms with Gasteiger partial charge in [0.05, 0.1) is 0 Å². The Bertz CT molecular complexity index is 432. The van der Waals surface area contributed by atoms with Crippen molar-refractivity contribution in [2.45, 2.75) is 25.0 Å². The summed E-state index contributed by atoms with van der Waals surface area (Å²) >= 11 is 1.93. The second kappa shape index (κ2) is 6.04. The highest BCUT2D eigenvalue weighted by molar-refractivity contribution is 8.00. The van der Waals surface area contributed by atoms with Gasteiger partial charge in [-0.3, -0.25) is 4.79 Å². The van der Waals surface area contributed by atoms with Gasteiger partial charge in [-0.15, -0.1) is 0 Å². The zero-order chi connectivity index (χ0) is 13.0. The number of amides is 1. The number of nitrogens with zero attached hydrogens (tertiary/aromatic N) is 2. The molecule has 0 aliphatic carbocycles. The van der Waals surface area contributed by atoms with Crippen LogP contribution in [0.5, 0.6) is 0 Å². The van der Waals surface area contributed by atoms with E-state index < -0.39 is 0 Å². The molecule has 0 bridgehead atoms. The lowest BCUT2D eigenvalue weighted by molar-refractivity contribution is 0.0948. The lowest BCUT2D eigenvalue weighted by Crippen LogP contribution is -2.30. The van der Waals surface area contributed by atoms with Crippen molar-refractivity contribution in [3.05, 3.63) is 17.5 Å². The molecule has 2 N–H and O–H groups in total. The first kappa shape index (κ1) is 13.1. The van der Waals surface area contributed by atoms with E-state index in [4.69, 9.17) is 0 Å². The normalized spacial score (nSPS) is 18.7. The third kappa shape index (κ3) is 3.35. The molecule has 2 heterocycles. The molecule has 1 atom stereocenters. The van der Waals surface area contributed by atoms with Crippen LogP contribution in [0, 0.1) is 6.92 Å². The van der Waals surface area contributed by atoms with E-state index in [1.54, 1.807) is 13.1 Å². The van der Waals surface area contributed by atoms with Crippen LogP contribution in [-0.4, -0.2) is 40.5 Å². The summed E-state index contributed by atoms with van der Waals surface area (Å²) in [4.78, 5) is 20.3. The summed E-state index contributed by atoms with van der Waals surface area (Å²) in [5.41, 5.74) is 1.21. The molecule has 2 rings (SSSR count). The second-order valence-electron chi connectivity index (χ2n) is 4.31. The maximum atomic E-state index is 12.0. The van der Waals surface area contributed by atoms with Gasteiger partial charge in [-0.2, -0.15) is 11.8 Å². The van der Waals surface area contributed by atoms with Crippen molar-refractivity contribution >= 4 is 23.6 Å². The lowest BCUT2D eigenvalue weighted by atomic mass is 10.2. The number of aromatic nitrogens is 2. The third-order valence-corrected chi connectivity index (χ3v) is 4.22. The van der Waals surface area contributed by atoms with Gasteiger partial charge in [-0.1, -0.05) is 0 Å². The smallest absolute Gasteiger partial charge is 0.270 e. The van der Waals surface area contributed by atoms with Crippen LogP contribution in [0.15, 0.2) is 6.07 Å². The van der Waals surface area contributed by atoms with E-state index in [2.05, 4.69) is 20.6 Å². The Balaban J connectivity index is 1.97. The molecule has 1 aliphatic heterocycles. The zero-order valence-electron chi connectivity index (χ0n) is 10.7. The van der Waals surface area contributed by atoms with Gasteiger partial charge in [-0.25, -0.2) is 9.97 Å². The van der Waals surface area contributed by atoms with Crippen molar-refractivity contribution in [2.75, 3.05) is 24.7 Å². The quantitative estimate of drug-likeness (QED) is 0.863. The first-order chi connectivity index (χ1) is 8.69. The topological polar surface area (TPSA) is 66.9 Å². The summed E-state index contributed by atoms with van der Waals surface area (Å²) in [6, 6.07) is 1.71. The minimum absolute atomic E-state index is 0.121. The summed E-state index contributed by atoms with van der Waals surface area (Å²) in [5, 5.41) is 6.35. The standard InChI is InChI=1S/C12H18N4OS/c1-8-6-10(16-12(13-2)15-8)11(17)14-7-9-4-3-5-18-9/h6,9H,3-5,7H2,1-2H3,(H,14,17)(H,13,15,16). The van der Waals surface area contributed by atoms with Crippen LogP contribution in [0.3, 0.4) is 0 Å². The SMILES string of the molecule is CNc1nc(C)cc(C(=O)NCC2CCCS2)n1. The van der Waals surface area contributed by atoms with Crippen LogP contribution in [0.2, 0.25) is 0 Å². The number of anilines is 1. The van der Waals surface area contributed by atoms with Crippen molar-refractivity contribution < 1.29 is 4.79 Å². The van der Waals surface area contributed by atoms with Gasteiger partial charge in [0.15, 0.2) is 0 Å². The lowest BCUT2D eigenvalue weighted by Gasteiger charge is -2.10. The Hall–Kier alpha value is -1.30. The fourth-order valence-corrected chi connectivity index (χ4v) is 3.10. The molecule has 0 spiro atoms. The first-order valence-corrected chi connectivity index (χ1v) is 7.17. The highest BCUT2D eigenvalue weighted by atomic mass is 32.2. The van der Waals surface area contributed by atoms with Crippen molar-refractivity contribution in [2.24, 2.45) is 0 Å². The van der Waals surface area contributed by atoms with Crippen LogP contribution in [0.4, 0.5) is 5.95 Å². The Morgan fingerprint density at radius 1 is 1.56 bits per heavy atom. The van der Waals surface area contributed by atoms with Crippen molar-refractivity contribution in [1.82, 2.24) is 15.3 Å². The molecule has 0 saturated carbocycles. The van der Waals surface area contributed by atoms with Gasteiger partial charge in [-0.05, 0) is 31.6 Å².